The lowest BCUT2D eigenvalue weighted by molar-refractivity contribution is 0.178. The summed E-state index contributed by atoms with van der Waals surface area (Å²) in [5, 5.41) is 15.5. The van der Waals surface area contributed by atoms with Gasteiger partial charge in [-0.25, -0.2) is 0 Å². The van der Waals surface area contributed by atoms with Gasteiger partial charge in [-0.15, -0.1) is 0 Å². The Balaban J connectivity index is 2.66. The molecule has 0 amide bonds. The summed E-state index contributed by atoms with van der Waals surface area (Å²) >= 11 is 0. The predicted octanol–water partition coefficient (Wildman–Crippen LogP) is 1.30. The fourth-order valence-electron chi connectivity index (χ4n) is 1.04. The van der Waals surface area contributed by atoms with Crippen molar-refractivity contribution in [2.24, 2.45) is 0 Å². The molecule has 0 saturated heterocycles. The highest BCUT2D eigenvalue weighted by Gasteiger charge is 2.07. The average Bonchev–Trinajstić information content (AvgIpc) is 2.18. The van der Waals surface area contributed by atoms with Crippen LogP contribution in [-0.4, -0.2) is 29.3 Å². The third kappa shape index (κ3) is 2.88. The molecule has 0 aliphatic carbocycles. The van der Waals surface area contributed by atoms with Crippen LogP contribution in [0.3, 0.4) is 0 Å². The zero-order valence-corrected chi connectivity index (χ0v) is 8.78. The number of aliphatic hydroxyl groups is 1. The Hall–Kier alpha value is -1.29. The van der Waals surface area contributed by atoms with Crippen molar-refractivity contribution >= 4 is 11.4 Å². The minimum atomic E-state index is -0.381. The lowest BCUT2D eigenvalue weighted by Crippen LogP contribution is -2.27. The first-order valence-corrected chi connectivity index (χ1v) is 4.71. The number of pyridine rings is 1. The van der Waals surface area contributed by atoms with Gasteiger partial charge in [-0.05, 0) is 19.9 Å². The number of nitrogens with zero attached hydrogens (tertiary/aromatic N) is 1. The van der Waals surface area contributed by atoms with Gasteiger partial charge in [0, 0.05) is 13.1 Å². The van der Waals surface area contributed by atoms with Crippen molar-refractivity contribution in [3.63, 3.8) is 0 Å². The quantitative estimate of drug-likeness (QED) is 0.678. The summed E-state index contributed by atoms with van der Waals surface area (Å²) in [7, 11) is 1.85. The maximum absolute atomic E-state index is 9.31. The number of nitrogens with one attached hydrogen (secondary N) is 2. The molecule has 0 saturated carbocycles. The Kier molecular flexibility index (Phi) is 3.71. The second kappa shape index (κ2) is 4.81. The zero-order chi connectivity index (χ0) is 10.6. The Bertz CT molecular complexity index is 288. The molecule has 0 aromatic carbocycles. The molecule has 0 fully saturated rings. The summed E-state index contributed by atoms with van der Waals surface area (Å²) < 4.78 is 0. The smallest absolute Gasteiger partial charge is 0.0710 e. The molecule has 78 valence electrons. The monoisotopic (exact) mass is 195 g/mol. The Morgan fingerprint density at radius 2 is 1.93 bits per heavy atom. The highest BCUT2D eigenvalue weighted by atomic mass is 16.3. The van der Waals surface area contributed by atoms with Gasteiger partial charge in [0.15, 0.2) is 0 Å². The summed E-state index contributed by atoms with van der Waals surface area (Å²) in [6.45, 7) is 3.68. The molecule has 1 heterocycles. The molecule has 14 heavy (non-hydrogen) atoms. The molecule has 2 atom stereocenters. The second-order valence-corrected chi connectivity index (χ2v) is 3.39. The summed E-state index contributed by atoms with van der Waals surface area (Å²) in [5.74, 6) is 0. The molecular formula is C10H17N3O. The topological polar surface area (TPSA) is 57.2 Å². The normalized spacial score (nSPS) is 14.6. The molecule has 0 aliphatic heterocycles. The molecule has 0 spiro atoms. The van der Waals surface area contributed by atoms with Crippen LogP contribution in [0.1, 0.15) is 13.8 Å². The molecule has 1 aromatic heterocycles. The van der Waals surface area contributed by atoms with Crippen molar-refractivity contribution in [1.82, 2.24) is 4.98 Å². The van der Waals surface area contributed by atoms with Crippen LogP contribution in [0.5, 0.6) is 0 Å². The number of hydrogen-bond acceptors (Lipinski definition) is 4. The van der Waals surface area contributed by atoms with Gasteiger partial charge in [-0.2, -0.15) is 0 Å². The number of aromatic nitrogens is 1. The van der Waals surface area contributed by atoms with Gasteiger partial charge in [0.1, 0.15) is 0 Å². The summed E-state index contributed by atoms with van der Waals surface area (Å²) in [6.07, 6.45) is 3.10. The van der Waals surface area contributed by atoms with E-state index in [1.165, 1.54) is 0 Å². The lowest BCUT2D eigenvalue weighted by Gasteiger charge is -2.17. The van der Waals surface area contributed by atoms with E-state index in [-0.39, 0.29) is 12.1 Å². The fourth-order valence-corrected chi connectivity index (χ4v) is 1.04. The summed E-state index contributed by atoms with van der Waals surface area (Å²) in [5.41, 5.74) is 1.86. The van der Waals surface area contributed by atoms with Crippen LogP contribution in [0.15, 0.2) is 18.5 Å². The third-order valence-corrected chi connectivity index (χ3v) is 2.14. The van der Waals surface area contributed by atoms with Gasteiger partial charge in [0.05, 0.1) is 29.9 Å². The molecule has 4 nitrogen and oxygen atoms in total. The second-order valence-electron chi connectivity index (χ2n) is 3.39. The van der Waals surface area contributed by atoms with Crippen LogP contribution in [0, 0.1) is 0 Å². The Morgan fingerprint density at radius 3 is 2.50 bits per heavy atom. The number of anilines is 2. The average molecular weight is 195 g/mol. The van der Waals surface area contributed by atoms with Crippen LogP contribution in [-0.2, 0) is 0 Å². The van der Waals surface area contributed by atoms with Crippen molar-refractivity contribution in [3.8, 4) is 0 Å². The van der Waals surface area contributed by atoms with Crippen molar-refractivity contribution in [2.75, 3.05) is 17.7 Å². The van der Waals surface area contributed by atoms with Crippen LogP contribution < -0.4 is 10.6 Å². The fraction of sp³-hybridized carbons (Fsp3) is 0.500. The van der Waals surface area contributed by atoms with Crippen LogP contribution in [0.25, 0.3) is 0 Å². The van der Waals surface area contributed by atoms with Gasteiger partial charge in [0.25, 0.3) is 0 Å². The predicted molar refractivity (Wildman–Crippen MR) is 58.5 cm³/mol. The highest BCUT2D eigenvalue weighted by molar-refractivity contribution is 5.54. The van der Waals surface area contributed by atoms with Crippen LogP contribution >= 0.6 is 0 Å². The first-order valence-electron chi connectivity index (χ1n) is 4.71. The van der Waals surface area contributed by atoms with E-state index in [0.29, 0.717) is 0 Å². The molecule has 0 aliphatic rings. The molecule has 0 radical (unpaired) electrons. The van der Waals surface area contributed by atoms with Gasteiger partial charge in [-0.1, -0.05) is 0 Å². The van der Waals surface area contributed by atoms with Gasteiger partial charge in [-0.3, -0.25) is 4.98 Å². The zero-order valence-electron chi connectivity index (χ0n) is 8.78. The molecule has 4 heteroatoms. The van der Waals surface area contributed by atoms with E-state index in [1.54, 1.807) is 19.3 Å². The summed E-state index contributed by atoms with van der Waals surface area (Å²) in [4.78, 5) is 4.06. The van der Waals surface area contributed by atoms with E-state index in [9.17, 15) is 5.11 Å². The van der Waals surface area contributed by atoms with E-state index >= 15 is 0 Å². The standard InChI is InChI=1S/C10H17N3O/c1-7(8(2)14)13-10-4-9(11-3)5-12-6-10/h4-8,11,13-14H,1-3H3. The minimum Gasteiger partial charge on any atom is -0.391 e. The van der Waals surface area contributed by atoms with Crippen molar-refractivity contribution < 1.29 is 5.11 Å². The summed E-state index contributed by atoms with van der Waals surface area (Å²) in [6, 6.07) is 1.97. The van der Waals surface area contributed by atoms with Gasteiger partial charge < -0.3 is 15.7 Å². The van der Waals surface area contributed by atoms with E-state index in [1.807, 2.05) is 20.0 Å². The lowest BCUT2D eigenvalue weighted by atomic mass is 10.2. The van der Waals surface area contributed by atoms with Gasteiger partial charge >= 0.3 is 0 Å². The third-order valence-electron chi connectivity index (χ3n) is 2.14. The van der Waals surface area contributed by atoms with Crippen LogP contribution in [0.2, 0.25) is 0 Å². The molecule has 3 N–H and O–H groups in total. The minimum absolute atomic E-state index is 0.0175. The van der Waals surface area contributed by atoms with Crippen LogP contribution in [0.4, 0.5) is 11.4 Å². The van der Waals surface area contributed by atoms with E-state index < -0.39 is 0 Å². The Labute approximate surface area is 84.4 Å². The van der Waals surface area contributed by atoms with E-state index in [4.69, 9.17) is 0 Å². The van der Waals surface area contributed by atoms with Crippen molar-refractivity contribution in [1.29, 1.82) is 0 Å². The largest absolute Gasteiger partial charge is 0.391 e. The van der Waals surface area contributed by atoms with Gasteiger partial charge in [0.2, 0.25) is 0 Å². The van der Waals surface area contributed by atoms with Crippen molar-refractivity contribution in [3.05, 3.63) is 18.5 Å². The molecule has 2 unspecified atom stereocenters. The van der Waals surface area contributed by atoms with E-state index in [0.717, 1.165) is 11.4 Å². The molecule has 1 aromatic rings. The molecular weight excluding hydrogens is 178 g/mol. The first kappa shape index (κ1) is 10.8. The molecule has 1 rings (SSSR count). The Morgan fingerprint density at radius 1 is 1.29 bits per heavy atom. The molecule has 0 bridgehead atoms. The number of hydrogen-bond donors (Lipinski definition) is 3. The maximum atomic E-state index is 9.31. The number of rotatable bonds is 4. The SMILES string of the molecule is CNc1cncc(NC(C)C(C)O)c1. The maximum Gasteiger partial charge on any atom is 0.0710 e. The van der Waals surface area contributed by atoms with Crippen molar-refractivity contribution in [2.45, 2.75) is 26.0 Å². The van der Waals surface area contributed by atoms with E-state index in [2.05, 4.69) is 15.6 Å². The first-order chi connectivity index (χ1) is 6.63. The highest BCUT2D eigenvalue weighted by Crippen LogP contribution is 2.13. The number of aliphatic hydroxyl groups excluding tert-OH is 1.